The van der Waals surface area contributed by atoms with Crippen molar-refractivity contribution in [2.75, 3.05) is 4.90 Å². The van der Waals surface area contributed by atoms with Crippen molar-refractivity contribution in [1.82, 2.24) is 4.98 Å². The van der Waals surface area contributed by atoms with Gasteiger partial charge in [0.1, 0.15) is 11.4 Å². The Balaban J connectivity index is 1.79. The van der Waals surface area contributed by atoms with E-state index >= 15 is 0 Å². The molecule has 0 spiro atoms. The highest BCUT2D eigenvalue weighted by atomic mass is 16.3. The Morgan fingerprint density at radius 2 is 1.72 bits per heavy atom. The number of fused-ring (bicyclic) bond motifs is 1. The normalized spacial score (nSPS) is 11.0. The van der Waals surface area contributed by atoms with E-state index in [0.717, 1.165) is 33.2 Å². The van der Waals surface area contributed by atoms with Gasteiger partial charge in [0.05, 0.1) is 6.54 Å². The Labute approximate surface area is 170 Å². The molecular formula is C25H24N2O2. The van der Waals surface area contributed by atoms with E-state index in [1.54, 1.807) is 11.1 Å². The SMILES string of the molecule is Cc1ccc(CN(C(=O)c2oc3c(C)cc(C)cc3c2C)c2ccccn2)cc1. The van der Waals surface area contributed by atoms with Gasteiger partial charge in [0, 0.05) is 17.1 Å². The molecule has 2 aromatic carbocycles. The minimum absolute atomic E-state index is 0.185. The number of carbonyl (C=O) groups is 1. The predicted octanol–water partition coefficient (Wildman–Crippen LogP) is 5.91. The molecule has 0 bridgehead atoms. The molecular weight excluding hydrogens is 360 g/mol. The maximum atomic E-state index is 13.6. The van der Waals surface area contributed by atoms with Crippen LogP contribution in [0.1, 0.15) is 38.4 Å². The van der Waals surface area contributed by atoms with Gasteiger partial charge in [-0.15, -0.1) is 0 Å². The van der Waals surface area contributed by atoms with Crippen molar-refractivity contribution in [2.45, 2.75) is 34.2 Å². The molecule has 4 nitrogen and oxygen atoms in total. The van der Waals surface area contributed by atoms with Crippen molar-refractivity contribution in [3.8, 4) is 0 Å². The number of carbonyl (C=O) groups excluding carboxylic acids is 1. The molecule has 0 aliphatic carbocycles. The first-order valence-corrected chi connectivity index (χ1v) is 9.73. The van der Waals surface area contributed by atoms with Gasteiger partial charge in [-0.25, -0.2) is 4.98 Å². The lowest BCUT2D eigenvalue weighted by atomic mass is 10.1. The molecule has 2 heterocycles. The van der Waals surface area contributed by atoms with Gasteiger partial charge in [-0.2, -0.15) is 0 Å². The molecule has 0 fully saturated rings. The van der Waals surface area contributed by atoms with Crippen LogP contribution in [0.5, 0.6) is 0 Å². The van der Waals surface area contributed by atoms with Crippen molar-refractivity contribution < 1.29 is 9.21 Å². The molecule has 0 radical (unpaired) electrons. The van der Waals surface area contributed by atoms with E-state index in [9.17, 15) is 4.79 Å². The van der Waals surface area contributed by atoms with Crippen LogP contribution in [0.25, 0.3) is 11.0 Å². The molecule has 2 aromatic heterocycles. The van der Waals surface area contributed by atoms with Crippen LogP contribution in [0, 0.1) is 27.7 Å². The minimum atomic E-state index is -0.185. The molecule has 0 saturated carbocycles. The van der Waals surface area contributed by atoms with Crippen LogP contribution < -0.4 is 4.90 Å². The molecule has 4 heteroatoms. The van der Waals surface area contributed by atoms with E-state index < -0.39 is 0 Å². The fraction of sp³-hybridized carbons (Fsp3) is 0.200. The van der Waals surface area contributed by atoms with Crippen molar-refractivity contribution in [3.63, 3.8) is 0 Å². The van der Waals surface area contributed by atoms with Gasteiger partial charge in [-0.3, -0.25) is 9.69 Å². The average Bonchev–Trinajstić information content (AvgIpc) is 3.05. The summed E-state index contributed by atoms with van der Waals surface area (Å²) in [5.41, 5.74) is 6.04. The molecule has 0 aliphatic rings. The Hall–Kier alpha value is -3.40. The molecule has 0 aliphatic heterocycles. The van der Waals surface area contributed by atoms with Gasteiger partial charge in [0.15, 0.2) is 5.76 Å². The molecule has 29 heavy (non-hydrogen) atoms. The number of furan rings is 1. The van der Waals surface area contributed by atoms with Crippen LogP contribution in [-0.4, -0.2) is 10.9 Å². The Bertz CT molecular complexity index is 1180. The third kappa shape index (κ3) is 3.66. The second kappa shape index (κ2) is 7.55. The number of anilines is 1. The van der Waals surface area contributed by atoms with E-state index in [0.29, 0.717) is 18.1 Å². The maximum absolute atomic E-state index is 13.6. The van der Waals surface area contributed by atoms with Crippen LogP contribution in [0.2, 0.25) is 0 Å². The lowest BCUT2D eigenvalue weighted by molar-refractivity contribution is 0.0959. The van der Waals surface area contributed by atoms with Crippen molar-refractivity contribution in [3.05, 3.63) is 94.4 Å². The number of aromatic nitrogens is 1. The van der Waals surface area contributed by atoms with E-state index in [4.69, 9.17) is 4.42 Å². The third-order valence-electron chi connectivity index (χ3n) is 5.19. The van der Waals surface area contributed by atoms with Crippen molar-refractivity contribution in [2.24, 2.45) is 0 Å². The summed E-state index contributed by atoms with van der Waals surface area (Å²) in [4.78, 5) is 19.7. The summed E-state index contributed by atoms with van der Waals surface area (Å²) >= 11 is 0. The van der Waals surface area contributed by atoms with Gasteiger partial charge in [0.25, 0.3) is 5.91 Å². The molecule has 146 valence electrons. The highest BCUT2D eigenvalue weighted by Gasteiger charge is 2.26. The standard InChI is InChI=1S/C25H24N2O2/c1-16-8-10-20(11-9-16)15-27(22-7-5-6-12-26-22)25(28)24-19(4)21-14-17(2)13-18(3)23(21)29-24/h5-14H,15H2,1-4H3. The Kier molecular flexibility index (Phi) is 4.93. The molecule has 4 aromatic rings. The van der Waals surface area contributed by atoms with Gasteiger partial charge >= 0.3 is 0 Å². The van der Waals surface area contributed by atoms with Crippen molar-refractivity contribution >= 4 is 22.7 Å². The van der Waals surface area contributed by atoms with E-state index in [-0.39, 0.29) is 5.91 Å². The maximum Gasteiger partial charge on any atom is 0.295 e. The number of benzene rings is 2. The predicted molar refractivity (Wildman–Crippen MR) is 116 cm³/mol. The third-order valence-corrected chi connectivity index (χ3v) is 5.19. The molecule has 0 atom stereocenters. The van der Waals surface area contributed by atoms with Gasteiger partial charge in [0.2, 0.25) is 0 Å². The van der Waals surface area contributed by atoms with Crippen LogP contribution in [-0.2, 0) is 6.54 Å². The summed E-state index contributed by atoms with van der Waals surface area (Å²) < 4.78 is 6.09. The number of amides is 1. The quantitative estimate of drug-likeness (QED) is 0.439. The number of rotatable bonds is 4. The highest BCUT2D eigenvalue weighted by molar-refractivity contribution is 6.07. The van der Waals surface area contributed by atoms with Gasteiger partial charge in [-0.1, -0.05) is 42.0 Å². The molecule has 4 rings (SSSR count). The zero-order valence-electron chi connectivity index (χ0n) is 17.2. The summed E-state index contributed by atoms with van der Waals surface area (Å²) in [5, 5.41) is 0.988. The summed E-state index contributed by atoms with van der Waals surface area (Å²) in [6, 6.07) is 17.9. The number of pyridine rings is 1. The Morgan fingerprint density at radius 3 is 2.41 bits per heavy atom. The smallest absolute Gasteiger partial charge is 0.295 e. The first-order valence-electron chi connectivity index (χ1n) is 9.73. The largest absolute Gasteiger partial charge is 0.450 e. The van der Waals surface area contributed by atoms with Crippen molar-refractivity contribution in [1.29, 1.82) is 0 Å². The fourth-order valence-corrected chi connectivity index (χ4v) is 3.64. The lowest BCUT2D eigenvalue weighted by Gasteiger charge is -2.21. The second-order valence-corrected chi connectivity index (χ2v) is 7.58. The average molecular weight is 384 g/mol. The number of hydrogen-bond donors (Lipinski definition) is 0. The summed E-state index contributed by atoms with van der Waals surface area (Å²) in [6.45, 7) is 8.48. The number of hydrogen-bond acceptors (Lipinski definition) is 3. The highest BCUT2D eigenvalue weighted by Crippen LogP contribution is 2.31. The zero-order valence-corrected chi connectivity index (χ0v) is 17.2. The number of aryl methyl sites for hydroxylation is 4. The number of nitrogens with zero attached hydrogens (tertiary/aromatic N) is 2. The molecule has 0 saturated heterocycles. The topological polar surface area (TPSA) is 46.3 Å². The van der Waals surface area contributed by atoms with Crippen LogP contribution >= 0.6 is 0 Å². The van der Waals surface area contributed by atoms with Gasteiger partial charge in [-0.05, 0) is 62.6 Å². The monoisotopic (exact) mass is 384 g/mol. The van der Waals surface area contributed by atoms with Crippen LogP contribution in [0.4, 0.5) is 5.82 Å². The van der Waals surface area contributed by atoms with E-state index in [2.05, 4.69) is 36.2 Å². The molecule has 1 amide bonds. The first kappa shape index (κ1) is 18.9. The lowest BCUT2D eigenvalue weighted by Crippen LogP contribution is -2.31. The van der Waals surface area contributed by atoms with Crippen LogP contribution in [0.3, 0.4) is 0 Å². The summed E-state index contributed by atoms with van der Waals surface area (Å²) in [6.07, 6.45) is 1.70. The molecule has 0 unspecified atom stereocenters. The summed E-state index contributed by atoms with van der Waals surface area (Å²) in [7, 11) is 0. The first-order chi connectivity index (χ1) is 13.9. The minimum Gasteiger partial charge on any atom is -0.450 e. The summed E-state index contributed by atoms with van der Waals surface area (Å²) in [5.74, 6) is 0.785. The van der Waals surface area contributed by atoms with Gasteiger partial charge < -0.3 is 4.42 Å². The molecule has 0 N–H and O–H groups in total. The van der Waals surface area contributed by atoms with E-state index in [1.165, 1.54) is 5.56 Å². The zero-order chi connectivity index (χ0) is 20.5. The second-order valence-electron chi connectivity index (χ2n) is 7.58. The van der Waals surface area contributed by atoms with Crippen LogP contribution in [0.15, 0.2) is 65.2 Å². The fourth-order valence-electron chi connectivity index (χ4n) is 3.64. The van der Waals surface area contributed by atoms with E-state index in [1.807, 2.05) is 51.1 Å². The Morgan fingerprint density at radius 1 is 0.966 bits per heavy atom.